The van der Waals surface area contributed by atoms with Gasteiger partial charge >= 0.3 is 17.9 Å². The highest BCUT2D eigenvalue weighted by Gasteiger charge is 2.54. The second-order valence-electron chi connectivity index (χ2n) is 6.94. The fourth-order valence-electron chi connectivity index (χ4n) is 3.36. The molecule has 11 nitrogen and oxygen atoms in total. The Morgan fingerprint density at radius 1 is 1.17 bits per heavy atom. The van der Waals surface area contributed by atoms with Crippen molar-refractivity contribution in [1.29, 1.82) is 0 Å². The van der Waals surface area contributed by atoms with Crippen molar-refractivity contribution < 1.29 is 42.9 Å². The molecule has 30 heavy (non-hydrogen) atoms. The van der Waals surface area contributed by atoms with Crippen molar-refractivity contribution in [2.24, 2.45) is 0 Å². The molecule has 11 heteroatoms. The largest absolute Gasteiger partial charge is 0.477 e. The van der Waals surface area contributed by atoms with Crippen molar-refractivity contribution in [3.63, 3.8) is 0 Å². The van der Waals surface area contributed by atoms with Gasteiger partial charge in [0, 0.05) is 27.9 Å². The van der Waals surface area contributed by atoms with Crippen LogP contribution in [-0.2, 0) is 42.9 Å². The molecule has 0 aromatic heterocycles. The molecule has 1 amide bonds. The van der Waals surface area contributed by atoms with Crippen molar-refractivity contribution in [2.45, 2.75) is 57.6 Å². The Morgan fingerprint density at radius 2 is 1.80 bits per heavy atom. The number of methoxy groups -OCH3 is 2. The van der Waals surface area contributed by atoms with E-state index in [9.17, 15) is 19.2 Å². The third kappa shape index (κ3) is 6.17. The summed E-state index contributed by atoms with van der Waals surface area (Å²) in [5.74, 6) is -2.48. The van der Waals surface area contributed by atoms with Crippen LogP contribution in [0.1, 0.15) is 27.7 Å². The van der Waals surface area contributed by atoms with Gasteiger partial charge in [0.05, 0.1) is 18.7 Å². The number of nitrogens with one attached hydrogen (secondary N) is 2. The predicted octanol–water partition coefficient (Wildman–Crippen LogP) is -0.565. The van der Waals surface area contributed by atoms with E-state index in [1.54, 1.807) is 14.0 Å². The maximum atomic E-state index is 12.2. The lowest BCUT2D eigenvalue weighted by atomic mass is 9.79. The summed E-state index contributed by atoms with van der Waals surface area (Å²) < 4.78 is 26.5. The lowest BCUT2D eigenvalue weighted by Crippen LogP contribution is -2.71. The van der Waals surface area contributed by atoms with Gasteiger partial charge in [-0.05, 0) is 20.0 Å². The first-order valence-corrected chi connectivity index (χ1v) is 9.26. The highest BCUT2D eigenvalue weighted by atomic mass is 16.6. The van der Waals surface area contributed by atoms with E-state index in [1.807, 2.05) is 0 Å². The summed E-state index contributed by atoms with van der Waals surface area (Å²) >= 11 is 0. The van der Waals surface area contributed by atoms with Crippen molar-refractivity contribution in [3.8, 4) is 0 Å². The van der Waals surface area contributed by atoms with Crippen LogP contribution in [0.5, 0.6) is 0 Å². The summed E-state index contributed by atoms with van der Waals surface area (Å²) in [4.78, 5) is 47.3. The zero-order chi connectivity index (χ0) is 23.1. The van der Waals surface area contributed by atoms with Gasteiger partial charge in [-0.15, -0.1) is 0 Å². The van der Waals surface area contributed by atoms with Crippen molar-refractivity contribution in [2.75, 3.05) is 27.9 Å². The van der Waals surface area contributed by atoms with Gasteiger partial charge in [0.2, 0.25) is 11.7 Å². The average molecular weight is 430 g/mol. The zero-order valence-corrected chi connectivity index (χ0v) is 18.3. The number of ether oxygens (including phenoxy) is 5. The lowest BCUT2D eigenvalue weighted by Gasteiger charge is -2.48. The maximum absolute atomic E-state index is 12.2. The molecular formula is C19H30N2O9. The fraction of sp³-hybridized carbons (Fsp3) is 0.684. The van der Waals surface area contributed by atoms with Gasteiger partial charge in [0.15, 0.2) is 12.2 Å². The van der Waals surface area contributed by atoms with Gasteiger partial charge in [-0.1, -0.05) is 0 Å². The van der Waals surface area contributed by atoms with Crippen LogP contribution in [0.2, 0.25) is 0 Å². The number of likely N-dealkylation sites (N-methyl/N-ethyl adjacent to an activating group) is 1. The number of carbonyl (C=O) groups is 4. The molecule has 170 valence electrons. The SMILES string of the molecule is CNC1C=C(C(=O)OC)OC(C(OC(C)=O)C(COC(C)=O)OC)C1(C)NC(C)=O. The number of hydrogen-bond donors (Lipinski definition) is 2. The minimum absolute atomic E-state index is 0.135. The molecule has 5 unspecified atom stereocenters. The maximum Gasteiger partial charge on any atom is 0.373 e. The highest BCUT2D eigenvalue weighted by molar-refractivity contribution is 5.86. The van der Waals surface area contributed by atoms with Gasteiger partial charge in [0.25, 0.3) is 0 Å². The Morgan fingerprint density at radius 3 is 2.23 bits per heavy atom. The molecule has 5 atom stereocenters. The first kappa shape index (κ1) is 25.4. The molecule has 0 radical (unpaired) electrons. The quantitative estimate of drug-likeness (QED) is 0.361. The van der Waals surface area contributed by atoms with Gasteiger partial charge in [-0.3, -0.25) is 14.4 Å². The smallest absolute Gasteiger partial charge is 0.373 e. The summed E-state index contributed by atoms with van der Waals surface area (Å²) in [6.07, 6.45) is -1.75. The van der Waals surface area contributed by atoms with E-state index < -0.39 is 47.8 Å². The fourth-order valence-corrected chi connectivity index (χ4v) is 3.36. The topological polar surface area (TPSA) is 138 Å². The molecule has 1 rings (SSSR count). The minimum atomic E-state index is -1.19. The van der Waals surface area contributed by atoms with Gasteiger partial charge < -0.3 is 34.3 Å². The number of esters is 3. The molecule has 0 spiro atoms. The number of carbonyl (C=O) groups excluding carboxylic acids is 4. The van der Waals surface area contributed by atoms with E-state index in [2.05, 4.69) is 10.6 Å². The standard InChI is InChI=1S/C19H30N2O9/c1-10(22)21-19(4)15(20-5)8-13(18(25)27-7)30-17(19)16(29-12(3)24)14(26-6)9-28-11(2)23/h8,14-17,20H,9H2,1-7H3,(H,21,22). The predicted molar refractivity (Wildman–Crippen MR) is 103 cm³/mol. The van der Waals surface area contributed by atoms with Crippen molar-refractivity contribution in [3.05, 3.63) is 11.8 Å². The van der Waals surface area contributed by atoms with E-state index >= 15 is 0 Å². The van der Waals surface area contributed by atoms with Crippen LogP contribution in [0.15, 0.2) is 11.8 Å². The average Bonchev–Trinajstić information content (AvgIpc) is 2.65. The van der Waals surface area contributed by atoms with Crippen LogP contribution < -0.4 is 10.6 Å². The summed E-state index contributed by atoms with van der Waals surface area (Å²) in [6.45, 7) is 5.15. The Balaban J connectivity index is 3.53. The number of rotatable bonds is 9. The second-order valence-corrected chi connectivity index (χ2v) is 6.94. The molecule has 2 N–H and O–H groups in total. The molecule has 0 aliphatic carbocycles. The highest BCUT2D eigenvalue weighted by Crippen LogP contribution is 2.33. The van der Waals surface area contributed by atoms with Crippen molar-refractivity contribution in [1.82, 2.24) is 10.6 Å². The van der Waals surface area contributed by atoms with E-state index in [0.29, 0.717) is 0 Å². The van der Waals surface area contributed by atoms with Crippen LogP contribution in [0.25, 0.3) is 0 Å². The monoisotopic (exact) mass is 430 g/mol. The molecule has 0 aromatic carbocycles. The van der Waals surface area contributed by atoms with Gasteiger partial charge in [-0.2, -0.15) is 0 Å². The summed E-state index contributed by atoms with van der Waals surface area (Å²) in [6, 6.07) is -0.612. The Labute approximate surface area is 175 Å². The zero-order valence-electron chi connectivity index (χ0n) is 18.3. The first-order chi connectivity index (χ1) is 14.0. The Hall–Kier alpha value is -2.66. The van der Waals surface area contributed by atoms with Gasteiger partial charge in [0.1, 0.15) is 12.7 Å². The van der Waals surface area contributed by atoms with Crippen LogP contribution in [0.4, 0.5) is 0 Å². The molecule has 0 saturated heterocycles. The molecular weight excluding hydrogens is 400 g/mol. The third-order valence-electron chi connectivity index (χ3n) is 4.67. The summed E-state index contributed by atoms with van der Waals surface area (Å²) in [5, 5.41) is 5.82. The molecule has 0 aromatic rings. The normalized spacial score (nSPS) is 25.1. The molecule has 1 heterocycles. The van der Waals surface area contributed by atoms with E-state index in [-0.39, 0.29) is 18.3 Å². The summed E-state index contributed by atoms with van der Waals surface area (Å²) in [7, 11) is 4.17. The number of hydrogen-bond acceptors (Lipinski definition) is 10. The summed E-state index contributed by atoms with van der Waals surface area (Å²) in [5.41, 5.74) is -1.19. The second kappa shape index (κ2) is 10.9. The van der Waals surface area contributed by atoms with Crippen LogP contribution in [0, 0.1) is 0 Å². The molecule has 0 fully saturated rings. The third-order valence-corrected chi connectivity index (χ3v) is 4.67. The van der Waals surface area contributed by atoms with E-state index in [0.717, 1.165) is 0 Å². The Bertz CT molecular complexity index is 693. The van der Waals surface area contributed by atoms with Crippen LogP contribution in [-0.4, -0.2) is 81.6 Å². The molecule has 1 aliphatic heterocycles. The number of amides is 1. The van der Waals surface area contributed by atoms with E-state index in [4.69, 9.17) is 23.7 Å². The Kier molecular flexibility index (Phi) is 9.24. The lowest BCUT2D eigenvalue weighted by molar-refractivity contribution is -0.185. The minimum Gasteiger partial charge on any atom is -0.477 e. The van der Waals surface area contributed by atoms with E-state index in [1.165, 1.54) is 41.1 Å². The molecule has 0 bridgehead atoms. The van der Waals surface area contributed by atoms with Gasteiger partial charge in [-0.25, -0.2) is 4.79 Å². The molecule has 0 saturated carbocycles. The van der Waals surface area contributed by atoms with Crippen LogP contribution >= 0.6 is 0 Å². The first-order valence-electron chi connectivity index (χ1n) is 9.26. The van der Waals surface area contributed by atoms with Crippen molar-refractivity contribution >= 4 is 23.8 Å². The van der Waals surface area contributed by atoms with Crippen LogP contribution in [0.3, 0.4) is 0 Å². The molecule has 1 aliphatic rings.